The average Bonchev–Trinajstić information content (AvgIpc) is 3.02. The predicted molar refractivity (Wildman–Crippen MR) is 93.2 cm³/mol. The highest BCUT2D eigenvalue weighted by Crippen LogP contribution is 2.29. The smallest absolute Gasteiger partial charge is 0.306 e. The quantitative estimate of drug-likeness (QED) is 0.855. The van der Waals surface area contributed by atoms with Gasteiger partial charge in [-0.15, -0.1) is 0 Å². The first-order valence-electron chi connectivity index (χ1n) is 8.92. The summed E-state index contributed by atoms with van der Waals surface area (Å²) in [6, 6.07) is 9.68. The molecule has 0 radical (unpaired) electrons. The van der Waals surface area contributed by atoms with Crippen molar-refractivity contribution in [2.75, 3.05) is 26.2 Å². The Morgan fingerprint density at radius 3 is 2.69 bits per heavy atom. The maximum atomic E-state index is 12.8. The molecule has 0 aliphatic carbocycles. The summed E-state index contributed by atoms with van der Waals surface area (Å²) >= 11 is 0. The minimum atomic E-state index is -0.941. The van der Waals surface area contributed by atoms with Gasteiger partial charge in [0, 0.05) is 26.1 Å². The van der Waals surface area contributed by atoms with Crippen LogP contribution < -0.4 is 0 Å². The number of carboxylic acids is 1. The molecule has 140 valence electrons. The third-order valence-corrected chi connectivity index (χ3v) is 5.11. The van der Waals surface area contributed by atoms with E-state index in [9.17, 15) is 14.4 Å². The molecule has 7 heteroatoms. The zero-order valence-corrected chi connectivity index (χ0v) is 14.8. The molecule has 0 unspecified atom stereocenters. The fourth-order valence-electron chi connectivity index (χ4n) is 3.68. The van der Waals surface area contributed by atoms with Crippen LogP contribution in [0, 0.1) is 5.92 Å². The Morgan fingerprint density at radius 2 is 2.00 bits per heavy atom. The van der Waals surface area contributed by atoms with E-state index in [0.717, 1.165) is 5.56 Å². The molecule has 1 aromatic rings. The van der Waals surface area contributed by atoms with Gasteiger partial charge in [-0.25, -0.2) is 0 Å². The third-order valence-electron chi connectivity index (χ3n) is 5.11. The molecule has 3 rings (SSSR count). The first kappa shape index (κ1) is 18.4. The van der Waals surface area contributed by atoms with Crippen molar-refractivity contribution in [3.8, 4) is 0 Å². The number of likely N-dealkylation sites (tertiary alicyclic amines) is 1. The van der Waals surface area contributed by atoms with E-state index in [-0.39, 0.29) is 43.2 Å². The lowest BCUT2D eigenvalue weighted by atomic mass is 10.1. The van der Waals surface area contributed by atoms with Crippen LogP contribution >= 0.6 is 0 Å². The van der Waals surface area contributed by atoms with Crippen LogP contribution in [0.3, 0.4) is 0 Å². The van der Waals surface area contributed by atoms with Crippen molar-refractivity contribution < 1.29 is 24.2 Å². The fourth-order valence-corrected chi connectivity index (χ4v) is 3.68. The number of ether oxygens (including phenoxy) is 1. The second kappa shape index (κ2) is 7.86. The van der Waals surface area contributed by atoms with Gasteiger partial charge in [-0.05, 0) is 12.5 Å². The number of rotatable bonds is 5. The number of amides is 2. The Bertz CT molecular complexity index is 678. The summed E-state index contributed by atoms with van der Waals surface area (Å²) in [5, 5.41) is 8.91. The minimum Gasteiger partial charge on any atom is -0.481 e. The van der Waals surface area contributed by atoms with Gasteiger partial charge in [0.05, 0.1) is 31.1 Å². The standard InChI is InChI=1S/C19H24N2O5/c1-13(14-5-3-2-4-6-14)21-11-15(9-17(21)22)19(25)20-7-8-26-16(12-20)10-18(23)24/h2-6,13,15-16H,7-12H2,1H3,(H,23,24)/t13-,15-,16-/m1/s1. The number of aliphatic carboxylic acids is 1. The molecule has 2 heterocycles. The molecule has 1 aromatic carbocycles. The van der Waals surface area contributed by atoms with E-state index >= 15 is 0 Å². The van der Waals surface area contributed by atoms with Crippen LogP contribution in [0.1, 0.15) is 31.4 Å². The van der Waals surface area contributed by atoms with Crippen LogP contribution in [0.25, 0.3) is 0 Å². The fraction of sp³-hybridized carbons (Fsp3) is 0.526. The summed E-state index contributed by atoms with van der Waals surface area (Å²) in [6.07, 6.45) is -0.400. The van der Waals surface area contributed by atoms with Gasteiger partial charge in [0.25, 0.3) is 0 Å². The number of nitrogens with zero attached hydrogens (tertiary/aromatic N) is 2. The van der Waals surface area contributed by atoms with Crippen LogP contribution in [0.5, 0.6) is 0 Å². The summed E-state index contributed by atoms with van der Waals surface area (Å²) in [6.45, 7) is 3.40. The number of hydrogen-bond acceptors (Lipinski definition) is 4. The van der Waals surface area contributed by atoms with E-state index < -0.39 is 12.1 Å². The molecule has 0 bridgehead atoms. The van der Waals surface area contributed by atoms with Gasteiger partial charge in [0.1, 0.15) is 0 Å². The molecule has 2 aliphatic rings. The zero-order valence-electron chi connectivity index (χ0n) is 14.8. The summed E-state index contributed by atoms with van der Waals surface area (Å²) < 4.78 is 5.42. The Hall–Kier alpha value is -2.41. The number of carboxylic acid groups (broad SMARTS) is 1. The topological polar surface area (TPSA) is 87.2 Å². The van der Waals surface area contributed by atoms with E-state index in [0.29, 0.717) is 19.7 Å². The highest BCUT2D eigenvalue weighted by molar-refractivity contribution is 5.89. The molecule has 0 aromatic heterocycles. The van der Waals surface area contributed by atoms with Crippen LogP contribution in [0.4, 0.5) is 0 Å². The molecule has 3 atom stereocenters. The van der Waals surface area contributed by atoms with Gasteiger partial charge in [-0.2, -0.15) is 0 Å². The molecule has 0 spiro atoms. The predicted octanol–water partition coefficient (Wildman–Crippen LogP) is 1.30. The number of benzene rings is 1. The Labute approximate surface area is 152 Å². The van der Waals surface area contributed by atoms with Crippen LogP contribution in [0.2, 0.25) is 0 Å². The summed E-state index contributed by atoms with van der Waals surface area (Å²) in [5.74, 6) is -1.42. The highest BCUT2D eigenvalue weighted by Gasteiger charge is 2.39. The van der Waals surface area contributed by atoms with Gasteiger partial charge >= 0.3 is 5.97 Å². The lowest BCUT2D eigenvalue weighted by molar-refractivity contribution is -0.149. The van der Waals surface area contributed by atoms with Crippen molar-refractivity contribution in [3.05, 3.63) is 35.9 Å². The SMILES string of the molecule is C[C@H](c1ccccc1)N1C[C@H](C(=O)N2CCO[C@H](CC(=O)O)C2)CC1=O. The molecule has 7 nitrogen and oxygen atoms in total. The highest BCUT2D eigenvalue weighted by atomic mass is 16.5. The maximum absolute atomic E-state index is 12.8. The van der Waals surface area contributed by atoms with Crippen molar-refractivity contribution in [3.63, 3.8) is 0 Å². The molecule has 2 fully saturated rings. The Morgan fingerprint density at radius 1 is 1.27 bits per heavy atom. The molecule has 2 amide bonds. The number of carbonyl (C=O) groups is 3. The molecule has 0 saturated carbocycles. The van der Waals surface area contributed by atoms with Gasteiger partial charge < -0.3 is 19.6 Å². The minimum absolute atomic E-state index is 0.0185. The molecular formula is C19H24N2O5. The van der Waals surface area contributed by atoms with Crippen molar-refractivity contribution in [2.45, 2.75) is 31.9 Å². The molecule has 26 heavy (non-hydrogen) atoms. The van der Waals surface area contributed by atoms with E-state index in [1.165, 1.54) is 0 Å². The largest absolute Gasteiger partial charge is 0.481 e. The second-order valence-electron chi connectivity index (χ2n) is 6.91. The average molecular weight is 360 g/mol. The molecule has 1 N–H and O–H groups in total. The molecule has 2 aliphatic heterocycles. The van der Waals surface area contributed by atoms with Crippen LogP contribution in [-0.2, 0) is 19.1 Å². The molecular weight excluding hydrogens is 336 g/mol. The Kier molecular flexibility index (Phi) is 5.56. The monoisotopic (exact) mass is 360 g/mol. The summed E-state index contributed by atoms with van der Waals surface area (Å²) in [4.78, 5) is 39.5. The lowest BCUT2D eigenvalue weighted by Gasteiger charge is -2.34. The Balaban J connectivity index is 1.62. The van der Waals surface area contributed by atoms with Gasteiger partial charge in [-0.1, -0.05) is 30.3 Å². The van der Waals surface area contributed by atoms with Crippen LogP contribution in [-0.4, -0.2) is 65.0 Å². The maximum Gasteiger partial charge on any atom is 0.306 e. The first-order chi connectivity index (χ1) is 12.5. The van der Waals surface area contributed by atoms with E-state index in [4.69, 9.17) is 9.84 Å². The first-order valence-corrected chi connectivity index (χ1v) is 8.92. The van der Waals surface area contributed by atoms with E-state index in [1.807, 2.05) is 37.3 Å². The van der Waals surface area contributed by atoms with Crippen molar-refractivity contribution >= 4 is 17.8 Å². The lowest BCUT2D eigenvalue weighted by Crippen LogP contribution is -2.48. The van der Waals surface area contributed by atoms with Crippen molar-refractivity contribution in [2.24, 2.45) is 5.92 Å². The molecule has 2 saturated heterocycles. The zero-order chi connectivity index (χ0) is 18.7. The van der Waals surface area contributed by atoms with Gasteiger partial charge in [0.15, 0.2) is 0 Å². The second-order valence-corrected chi connectivity index (χ2v) is 6.91. The van der Waals surface area contributed by atoms with Gasteiger partial charge in [-0.3, -0.25) is 14.4 Å². The van der Waals surface area contributed by atoms with Crippen molar-refractivity contribution in [1.29, 1.82) is 0 Å². The van der Waals surface area contributed by atoms with Gasteiger partial charge in [0.2, 0.25) is 11.8 Å². The number of hydrogen-bond donors (Lipinski definition) is 1. The van der Waals surface area contributed by atoms with E-state index in [1.54, 1.807) is 9.80 Å². The van der Waals surface area contributed by atoms with Crippen molar-refractivity contribution in [1.82, 2.24) is 9.80 Å². The number of morpholine rings is 1. The summed E-state index contributed by atoms with van der Waals surface area (Å²) in [5.41, 5.74) is 1.04. The van der Waals surface area contributed by atoms with E-state index in [2.05, 4.69) is 0 Å². The van der Waals surface area contributed by atoms with Crippen LogP contribution in [0.15, 0.2) is 30.3 Å². The third kappa shape index (κ3) is 4.04. The normalized spacial score (nSPS) is 24.6. The summed E-state index contributed by atoms with van der Waals surface area (Å²) in [7, 11) is 0. The number of carbonyl (C=O) groups excluding carboxylic acids is 2.